The van der Waals surface area contributed by atoms with Gasteiger partial charge in [0.15, 0.2) is 0 Å². The molecule has 0 aromatic carbocycles. The summed E-state index contributed by atoms with van der Waals surface area (Å²) in [6.45, 7) is 0. The first kappa shape index (κ1) is 9.50. The third kappa shape index (κ3) is 1.96. The Hall–Kier alpha value is -0.590. The third-order valence-corrected chi connectivity index (χ3v) is 2.07. The van der Waals surface area contributed by atoms with Gasteiger partial charge in [-0.1, -0.05) is 0 Å². The predicted molar refractivity (Wildman–Crippen MR) is 40.4 cm³/mol. The zero-order chi connectivity index (χ0) is 9.19. The summed E-state index contributed by atoms with van der Waals surface area (Å²) in [7, 11) is 0. The van der Waals surface area contributed by atoms with E-state index in [1.807, 2.05) is 0 Å². The van der Waals surface area contributed by atoms with Crippen molar-refractivity contribution in [2.45, 2.75) is 12.2 Å². The van der Waals surface area contributed by atoms with Gasteiger partial charge in [-0.3, -0.25) is 5.84 Å². The van der Waals surface area contributed by atoms with Crippen LogP contribution in [0.1, 0.15) is 11.6 Å². The molecule has 0 fully saturated rings. The number of nitrogens with one attached hydrogen (secondary N) is 1. The van der Waals surface area contributed by atoms with Crippen molar-refractivity contribution < 1.29 is 13.2 Å². The zero-order valence-corrected chi connectivity index (χ0v) is 6.75. The van der Waals surface area contributed by atoms with E-state index in [-0.39, 0.29) is 5.56 Å². The van der Waals surface area contributed by atoms with Crippen molar-refractivity contribution in [3.63, 3.8) is 0 Å². The summed E-state index contributed by atoms with van der Waals surface area (Å²) in [5.41, 5.74) is 1.87. The fraction of sp³-hybridized carbons (Fsp3) is 0.333. The van der Waals surface area contributed by atoms with Gasteiger partial charge in [0.1, 0.15) is 6.04 Å². The van der Waals surface area contributed by atoms with Gasteiger partial charge < -0.3 is 0 Å². The second kappa shape index (κ2) is 3.42. The second-order valence-corrected chi connectivity index (χ2v) is 2.98. The average Bonchev–Trinajstić information content (AvgIpc) is 2.38. The van der Waals surface area contributed by atoms with E-state index in [4.69, 9.17) is 5.84 Å². The molecule has 1 unspecified atom stereocenters. The highest BCUT2D eigenvalue weighted by atomic mass is 32.1. The summed E-state index contributed by atoms with van der Waals surface area (Å²) in [6, 6.07) is -0.369. The van der Waals surface area contributed by atoms with Crippen molar-refractivity contribution in [1.82, 2.24) is 5.43 Å². The fourth-order valence-corrected chi connectivity index (χ4v) is 1.51. The summed E-state index contributed by atoms with van der Waals surface area (Å²) < 4.78 is 36.4. The summed E-state index contributed by atoms with van der Waals surface area (Å²) in [5, 5.41) is 2.99. The van der Waals surface area contributed by atoms with E-state index in [0.29, 0.717) is 0 Å². The molecule has 0 amide bonds. The monoisotopic (exact) mass is 196 g/mol. The molecule has 0 aliphatic carbocycles. The number of hydrazine groups is 1. The Morgan fingerprint density at radius 1 is 1.50 bits per heavy atom. The normalized spacial score (nSPS) is 14.7. The molecular weight excluding hydrogens is 189 g/mol. The van der Waals surface area contributed by atoms with E-state index in [0.717, 1.165) is 0 Å². The maximum absolute atomic E-state index is 12.1. The first-order valence-corrected chi connectivity index (χ1v) is 4.05. The Balaban J connectivity index is 2.84. The molecule has 1 rings (SSSR count). The van der Waals surface area contributed by atoms with Gasteiger partial charge in [0, 0.05) is 0 Å². The number of thiophene rings is 1. The standard InChI is InChI=1S/C6H7F3N2S/c7-6(8,9)5(11-10)4-1-2-12-3-4/h1-3,5,11H,10H2. The summed E-state index contributed by atoms with van der Waals surface area (Å²) in [5.74, 6) is 4.78. The van der Waals surface area contributed by atoms with Crippen molar-refractivity contribution in [2.75, 3.05) is 0 Å². The molecule has 0 radical (unpaired) electrons. The number of nitrogens with two attached hydrogens (primary N) is 1. The molecule has 0 saturated carbocycles. The first-order valence-electron chi connectivity index (χ1n) is 3.10. The highest BCUT2D eigenvalue weighted by Crippen LogP contribution is 2.32. The molecule has 1 atom stereocenters. The molecule has 68 valence electrons. The Morgan fingerprint density at radius 2 is 2.17 bits per heavy atom. The van der Waals surface area contributed by atoms with Gasteiger partial charge in [0.2, 0.25) is 0 Å². The largest absolute Gasteiger partial charge is 0.409 e. The van der Waals surface area contributed by atoms with Crippen LogP contribution in [-0.2, 0) is 0 Å². The van der Waals surface area contributed by atoms with Crippen LogP contribution in [0, 0.1) is 0 Å². The number of rotatable bonds is 2. The van der Waals surface area contributed by atoms with Gasteiger partial charge in [-0.2, -0.15) is 24.5 Å². The molecule has 0 saturated heterocycles. The fourth-order valence-electron chi connectivity index (χ4n) is 0.819. The maximum atomic E-state index is 12.1. The minimum atomic E-state index is -4.34. The lowest BCUT2D eigenvalue weighted by Crippen LogP contribution is -2.38. The summed E-state index contributed by atoms with van der Waals surface area (Å²) in [6.07, 6.45) is -4.34. The SMILES string of the molecule is NNC(c1ccsc1)C(F)(F)F. The van der Waals surface area contributed by atoms with Crippen LogP contribution in [0.25, 0.3) is 0 Å². The van der Waals surface area contributed by atoms with Crippen molar-refractivity contribution in [3.8, 4) is 0 Å². The molecule has 0 aliphatic rings. The Morgan fingerprint density at radius 3 is 2.50 bits per heavy atom. The number of hydrogen-bond acceptors (Lipinski definition) is 3. The molecule has 0 bridgehead atoms. The lowest BCUT2D eigenvalue weighted by atomic mass is 10.1. The van der Waals surface area contributed by atoms with Crippen molar-refractivity contribution >= 4 is 11.3 Å². The molecule has 0 spiro atoms. The van der Waals surface area contributed by atoms with E-state index in [2.05, 4.69) is 0 Å². The minimum Gasteiger partial charge on any atom is -0.271 e. The molecule has 12 heavy (non-hydrogen) atoms. The smallest absolute Gasteiger partial charge is 0.271 e. The Labute approximate surface area is 71.2 Å². The molecule has 0 aliphatic heterocycles. The van der Waals surface area contributed by atoms with Gasteiger partial charge >= 0.3 is 6.18 Å². The quantitative estimate of drug-likeness (QED) is 0.559. The van der Waals surface area contributed by atoms with Gasteiger partial charge in [-0.15, -0.1) is 0 Å². The van der Waals surface area contributed by atoms with E-state index < -0.39 is 12.2 Å². The predicted octanol–water partition coefficient (Wildman–Crippen LogP) is 1.81. The van der Waals surface area contributed by atoms with Crippen LogP contribution < -0.4 is 11.3 Å². The highest BCUT2D eigenvalue weighted by molar-refractivity contribution is 7.07. The highest BCUT2D eigenvalue weighted by Gasteiger charge is 2.40. The topological polar surface area (TPSA) is 38.0 Å². The van der Waals surface area contributed by atoms with Crippen molar-refractivity contribution in [1.29, 1.82) is 0 Å². The average molecular weight is 196 g/mol. The van der Waals surface area contributed by atoms with Crippen LogP contribution in [-0.4, -0.2) is 6.18 Å². The van der Waals surface area contributed by atoms with Gasteiger partial charge in [-0.25, -0.2) is 5.43 Å². The number of hydrogen-bond donors (Lipinski definition) is 2. The van der Waals surface area contributed by atoms with Crippen molar-refractivity contribution in [2.24, 2.45) is 5.84 Å². The first-order chi connectivity index (χ1) is 5.55. The van der Waals surface area contributed by atoms with E-state index in [1.54, 1.807) is 10.8 Å². The molecule has 1 aromatic heterocycles. The number of halogens is 3. The lowest BCUT2D eigenvalue weighted by Gasteiger charge is -2.17. The zero-order valence-electron chi connectivity index (χ0n) is 5.93. The number of alkyl halides is 3. The van der Waals surface area contributed by atoms with E-state index in [9.17, 15) is 13.2 Å². The molecular formula is C6H7F3N2S. The second-order valence-electron chi connectivity index (χ2n) is 2.20. The molecule has 1 aromatic rings. The van der Waals surface area contributed by atoms with Crippen LogP contribution in [0.3, 0.4) is 0 Å². The van der Waals surface area contributed by atoms with Gasteiger partial charge in [-0.05, 0) is 22.4 Å². The molecule has 3 N–H and O–H groups in total. The van der Waals surface area contributed by atoms with Crippen molar-refractivity contribution in [3.05, 3.63) is 22.4 Å². The maximum Gasteiger partial charge on any atom is 0.409 e. The van der Waals surface area contributed by atoms with E-state index >= 15 is 0 Å². The van der Waals surface area contributed by atoms with Gasteiger partial charge in [0.05, 0.1) is 0 Å². The van der Waals surface area contributed by atoms with Crippen LogP contribution in [0.4, 0.5) is 13.2 Å². The Kier molecular flexibility index (Phi) is 2.71. The van der Waals surface area contributed by atoms with Crippen LogP contribution in [0.15, 0.2) is 16.8 Å². The molecule has 2 nitrogen and oxygen atoms in total. The van der Waals surface area contributed by atoms with E-state index in [1.165, 1.54) is 22.8 Å². The molecule has 1 heterocycles. The summed E-state index contributed by atoms with van der Waals surface area (Å²) >= 11 is 1.20. The lowest BCUT2D eigenvalue weighted by molar-refractivity contribution is -0.157. The molecule has 6 heteroatoms. The Bertz CT molecular complexity index is 231. The van der Waals surface area contributed by atoms with Crippen LogP contribution in [0.5, 0.6) is 0 Å². The van der Waals surface area contributed by atoms with Crippen LogP contribution >= 0.6 is 11.3 Å². The third-order valence-electron chi connectivity index (χ3n) is 1.37. The summed E-state index contributed by atoms with van der Waals surface area (Å²) in [4.78, 5) is 0. The minimum absolute atomic E-state index is 0.148. The van der Waals surface area contributed by atoms with Crippen LogP contribution in [0.2, 0.25) is 0 Å². The van der Waals surface area contributed by atoms with Gasteiger partial charge in [0.25, 0.3) is 0 Å².